The maximum absolute atomic E-state index is 6.98. The second-order valence-electron chi connectivity index (χ2n) is 18.6. The zero-order chi connectivity index (χ0) is 43.0. The van der Waals surface area contributed by atoms with Crippen LogP contribution in [0.25, 0.3) is 44.8 Å². The van der Waals surface area contributed by atoms with Crippen molar-refractivity contribution in [3.63, 3.8) is 0 Å². The topological polar surface area (TPSA) is 22.1 Å². The second-order valence-corrected chi connectivity index (χ2v) is 25.0. The van der Waals surface area contributed by atoms with E-state index < -0.39 is 13.5 Å². The molecule has 0 radical (unpaired) electrons. The van der Waals surface area contributed by atoms with Crippen LogP contribution in [0.4, 0.5) is 0 Å². The van der Waals surface area contributed by atoms with Crippen molar-refractivity contribution in [3.8, 4) is 56.3 Å². The SMILES string of the molecule is CC1(C)c2ccccc2-c2c1ccc1c2Sc2c(-c3cccc(-c4ccc5c(c4)-c4c(ccc6c4Oc4ccccc4S6)C5(c4ccccc4)c4ccccc4)n3)cccc2[Si]1(C)C. The standard InChI is InChI=1S/C59H43NOS2Si/c1-58(2)42-23-12-11-21-39(42)54-44(58)32-34-52-57(54)63-56-40(22-15-28-51(56)64(52,3)4)47-25-16-24-46(60-47)36-29-30-43-41(35-36)53-45(31-33-50-55(53)61-48-26-13-14-27-49(48)62-50)59(43,37-17-7-5-8-18-37)38-19-9-6-10-20-38/h5-35H,1-4H3. The highest BCUT2D eigenvalue weighted by molar-refractivity contribution is 8.00. The summed E-state index contributed by atoms with van der Waals surface area (Å²) in [6.07, 6.45) is 0. The highest BCUT2D eigenvalue weighted by Crippen LogP contribution is 2.63. The van der Waals surface area contributed by atoms with Crippen LogP contribution in [-0.2, 0) is 10.8 Å². The molecular weight excluding hydrogens is 831 g/mol. The molecule has 3 heterocycles. The van der Waals surface area contributed by atoms with Gasteiger partial charge in [0.05, 0.1) is 26.6 Å². The molecule has 0 amide bonds. The number of ether oxygens (including phenoxy) is 1. The fourth-order valence-electron chi connectivity index (χ4n) is 11.4. The first kappa shape index (κ1) is 38.1. The summed E-state index contributed by atoms with van der Waals surface area (Å²) >= 11 is 3.76. The smallest absolute Gasteiger partial charge is 0.149 e. The molecule has 9 aromatic rings. The van der Waals surface area contributed by atoms with E-state index in [1.165, 1.54) is 75.8 Å². The van der Waals surface area contributed by atoms with Gasteiger partial charge in [0.15, 0.2) is 0 Å². The zero-order valence-corrected chi connectivity index (χ0v) is 38.7. The molecule has 0 saturated heterocycles. The van der Waals surface area contributed by atoms with Gasteiger partial charge in [-0.1, -0.05) is 202 Å². The Kier molecular flexibility index (Phi) is 8.23. The van der Waals surface area contributed by atoms with Gasteiger partial charge in [0.1, 0.15) is 19.6 Å². The Morgan fingerprint density at radius 3 is 1.94 bits per heavy atom. The lowest BCUT2D eigenvalue weighted by Gasteiger charge is -2.35. The summed E-state index contributed by atoms with van der Waals surface area (Å²) in [7, 11) is -2.10. The zero-order valence-electron chi connectivity index (χ0n) is 36.1. The highest BCUT2D eigenvalue weighted by Gasteiger charge is 2.49. The number of benzene rings is 8. The Bertz CT molecular complexity index is 3390. The van der Waals surface area contributed by atoms with Crippen molar-refractivity contribution in [3.05, 3.63) is 221 Å². The summed E-state index contributed by atoms with van der Waals surface area (Å²) in [4.78, 5) is 10.6. The van der Waals surface area contributed by atoms with Crippen LogP contribution in [0.2, 0.25) is 13.1 Å². The van der Waals surface area contributed by atoms with Gasteiger partial charge in [0, 0.05) is 31.9 Å². The third kappa shape index (κ3) is 5.20. The second kappa shape index (κ2) is 13.8. The maximum atomic E-state index is 6.98. The monoisotopic (exact) mass is 873 g/mol. The summed E-state index contributed by atoms with van der Waals surface area (Å²) in [6.45, 7) is 9.83. The van der Waals surface area contributed by atoms with Gasteiger partial charge >= 0.3 is 0 Å². The van der Waals surface area contributed by atoms with Crippen molar-refractivity contribution in [2.75, 3.05) is 0 Å². The van der Waals surface area contributed by atoms with Crippen LogP contribution in [0.3, 0.4) is 0 Å². The van der Waals surface area contributed by atoms with E-state index in [9.17, 15) is 0 Å². The van der Waals surface area contributed by atoms with E-state index in [1.54, 1.807) is 11.8 Å². The van der Waals surface area contributed by atoms with Crippen molar-refractivity contribution >= 4 is 42.0 Å². The lowest BCUT2D eigenvalue weighted by atomic mass is 9.67. The van der Waals surface area contributed by atoms with Crippen LogP contribution >= 0.6 is 23.5 Å². The summed E-state index contributed by atoms with van der Waals surface area (Å²) in [5, 5.41) is 3.01. The molecular formula is C59H43NOS2Si. The summed E-state index contributed by atoms with van der Waals surface area (Å²) in [5.74, 6) is 1.82. The minimum Gasteiger partial charge on any atom is -0.454 e. The lowest BCUT2D eigenvalue weighted by Crippen LogP contribution is -2.56. The summed E-state index contributed by atoms with van der Waals surface area (Å²) < 4.78 is 6.98. The van der Waals surface area contributed by atoms with Gasteiger partial charge in [-0.15, -0.1) is 0 Å². The summed E-state index contributed by atoms with van der Waals surface area (Å²) in [5.41, 5.74) is 16.6. The third-order valence-corrected chi connectivity index (χ3v) is 20.8. The van der Waals surface area contributed by atoms with Crippen molar-refractivity contribution < 1.29 is 4.74 Å². The molecule has 8 aromatic carbocycles. The van der Waals surface area contributed by atoms with Crippen LogP contribution in [-0.4, -0.2) is 13.1 Å². The number of hydrogen-bond donors (Lipinski definition) is 0. The number of rotatable bonds is 4. The fourth-order valence-corrected chi connectivity index (χ4v) is 18.1. The molecule has 0 N–H and O–H groups in total. The molecule has 4 aliphatic rings. The average Bonchev–Trinajstić information content (AvgIpc) is 3.77. The molecule has 0 unspecified atom stereocenters. The van der Waals surface area contributed by atoms with Gasteiger partial charge in [-0.25, -0.2) is 4.98 Å². The number of aromatic nitrogens is 1. The van der Waals surface area contributed by atoms with Crippen molar-refractivity contribution in [2.24, 2.45) is 0 Å². The van der Waals surface area contributed by atoms with E-state index in [0.717, 1.165) is 43.8 Å². The Hall–Kier alpha value is -6.37. The minimum atomic E-state index is -2.10. The van der Waals surface area contributed by atoms with Crippen molar-refractivity contribution in [1.82, 2.24) is 4.98 Å². The van der Waals surface area contributed by atoms with E-state index in [0.29, 0.717) is 0 Å². The van der Waals surface area contributed by atoms with Gasteiger partial charge in [-0.05, 0) is 96.8 Å². The largest absolute Gasteiger partial charge is 0.454 e. The maximum Gasteiger partial charge on any atom is 0.149 e. The van der Waals surface area contributed by atoms with Crippen molar-refractivity contribution in [1.29, 1.82) is 0 Å². The number of hydrogen-bond acceptors (Lipinski definition) is 4. The molecule has 2 aliphatic heterocycles. The normalized spacial score (nSPS) is 15.9. The van der Waals surface area contributed by atoms with Crippen LogP contribution < -0.4 is 15.1 Å². The fraction of sp³-hybridized carbons (Fsp3) is 0.102. The Morgan fingerprint density at radius 1 is 0.469 bits per heavy atom. The first-order valence-electron chi connectivity index (χ1n) is 22.2. The van der Waals surface area contributed by atoms with E-state index in [1.807, 2.05) is 11.8 Å². The molecule has 64 heavy (non-hydrogen) atoms. The van der Waals surface area contributed by atoms with Gasteiger partial charge in [0.25, 0.3) is 0 Å². The van der Waals surface area contributed by atoms with Gasteiger partial charge < -0.3 is 4.74 Å². The molecule has 306 valence electrons. The van der Waals surface area contributed by atoms with Crippen LogP contribution in [0.15, 0.2) is 208 Å². The number of para-hydroxylation sites is 1. The van der Waals surface area contributed by atoms with Crippen LogP contribution in [0, 0.1) is 0 Å². The molecule has 0 fully saturated rings. The quantitative estimate of drug-likeness (QED) is 0.164. The minimum absolute atomic E-state index is 0.0458. The Morgan fingerprint density at radius 2 is 1.12 bits per heavy atom. The molecule has 2 nitrogen and oxygen atoms in total. The van der Waals surface area contributed by atoms with Gasteiger partial charge in [0.2, 0.25) is 0 Å². The van der Waals surface area contributed by atoms with Crippen LogP contribution in [0.5, 0.6) is 11.5 Å². The van der Waals surface area contributed by atoms with E-state index >= 15 is 0 Å². The van der Waals surface area contributed by atoms with Gasteiger partial charge in [-0.3, -0.25) is 0 Å². The molecule has 0 spiro atoms. The van der Waals surface area contributed by atoms with E-state index in [4.69, 9.17) is 9.72 Å². The average molecular weight is 874 g/mol. The molecule has 5 heteroatoms. The molecule has 0 atom stereocenters. The Labute approximate surface area is 384 Å². The predicted octanol–water partition coefficient (Wildman–Crippen LogP) is 14.6. The number of nitrogens with zero attached hydrogens (tertiary/aromatic N) is 1. The molecule has 13 rings (SSSR count). The van der Waals surface area contributed by atoms with Crippen molar-refractivity contribution in [2.45, 2.75) is 57.4 Å². The van der Waals surface area contributed by atoms with E-state index in [-0.39, 0.29) is 5.41 Å². The molecule has 2 aliphatic carbocycles. The Balaban J connectivity index is 0.983. The van der Waals surface area contributed by atoms with E-state index in [2.05, 4.69) is 215 Å². The highest BCUT2D eigenvalue weighted by atomic mass is 32.2. The lowest BCUT2D eigenvalue weighted by molar-refractivity contribution is 0.456. The number of fused-ring (bicyclic) bond motifs is 12. The van der Waals surface area contributed by atoms with Crippen LogP contribution in [0.1, 0.15) is 47.2 Å². The molecule has 0 bridgehead atoms. The van der Waals surface area contributed by atoms with Gasteiger partial charge in [-0.2, -0.15) is 0 Å². The summed E-state index contributed by atoms with van der Waals surface area (Å²) in [6, 6.07) is 69.5. The first-order valence-corrected chi connectivity index (χ1v) is 26.8. The molecule has 0 saturated carbocycles. The first-order chi connectivity index (χ1) is 31.2. The predicted molar refractivity (Wildman–Crippen MR) is 268 cm³/mol. The third-order valence-electron chi connectivity index (χ3n) is 14.5. The number of pyridine rings is 1. The molecule has 1 aromatic heterocycles.